The number of amides is 2. The fourth-order valence-corrected chi connectivity index (χ4v) is 2.94. The van der Waals surface area contributed by atoms with Crippen LogP contribution in [0.15, 0.2) is 78.9 Å². The highest BCUT2D eigenvalue weighted by Gasteiger charge is 2.14. The number of anilines is 1. The summed E-state index contributed by atoms with van der Waals surface area (Å²) in [7, 11) is 1.60. The van der Waals surface area contributed by atoms with Gasteiger partial charge < -0.3 is 20.5 Å². The van der Waals surface area contributed by atoms with Crippen LogP contribution < -0.4 is 20.5 Å². The molecular weight excluding hydrogens is 392 g/mol. The Balaban J connectivity index is 1.81. The number of methoxy groups -OCH3 is 1. The third-order valence-corrected chi connectivity index (χ3v) is 4.50. The van der Waals surface area contributed by atoms with E-state index in [1.165, 1.54) is 0 Å². The van der Waals surface area contributed by atoms with Crippen LogP contribution in [0.2, 0.25) is 0 Å². The third kappa shape index (κ3) is 6.21. The Hall–Kier alpha value is -4.06. The number of carbonyl (C=O) groups excluding carboxylic acids is 2. The lowest BCUT2D eigenvalue weighted by atomic mass is 10.0. The van der Waals surface area contributed by atoms with Crippen LogP contribution >= 0.6 is 0 Å². The number of rotatable bonds is 9. The largest absolute Gasteiger partial charge is 0.496 e. The van der Waals surface area contributed by atoms with E-state index in [0.29, 0.717) is 22.8 Å². The molecule has 3 N–H and O–H groups in total. The molecule has 3 rings (SSSR count). The zero-order valence-corrected chi connectivity index (χ0v) is 17.2. The van der Waals surface area contributed by atoms with Crippen molar-refractivity contribution < 1.29 is 19.1 Å². The number of benzene rings is 3. The lowest BCUT2D eigenvalue weighted by Crippen LogP contribution is -2.15. The van der Waals surface area contributed by atoms with Gasteiger partial charge in [0.25, 0.3) is 5.91 Å². The van der Waals surface area contributed by atoms with E-state index in [2.05, 4.69) is 5.32 Å². The molecule has 0 aromatic heterocycles. The average molecular weight is 416 g/mol. The van der Waals surface area contributed by atoms with Crippen molar-refractivity contribution in [2.75, 3.05) is 19.0 Å². The monoisotopic (exact) mass is 416 g/mol. The molecule has 0 saturated heterocycles. The molecule has 0 aliphatic rings. The maximum Gasteiger partial charge on any atom is 0.256 e. The molecule has 3 aromatic rings. The fourth-order valence-electron chi connectivity index (χ4n) is 2.94. The summed E-state index contributed by atoms with van der Waals surface area (Å²) < 4.78 is 10.9. The summed E-state index contributed by atoms with van der Waals surface area (Å²) in [4.78, 5) is 23.9. The van der Waals surface area contributed by atoms with Gasteiger partial charge in [0.2, 0.25) is 5.91 Å². The van der Waals surface area contributed by atoms with Gasteiger partial charge in [0.15, 0.2) is 0 Å². The Bertz CT molecular complexity index is 1060. The van der Waals surface area contributed by atoms with E-state index >= 15 is 0 Å². The molecule has 0 fully saturated rings. The van der Waals surface area contributed by atoms with Crippen LogP contribution in [0, 0.1) is 0 Å². The van der Waals surface area contributed by atoms with Gasteiger partial charge in [-0.1, -0.05) is 48.5 Å². The predicted molar refractivity (Wildman–Crippen MR) is 122 cm³/mol. The summed E-state index contributed by atoms with van der Waals surface area (Å²) in [6.45, 7) is 0.209. The number of hydrogen-bond donors (Lipinski definition) is 2. The molecule has 2 amide bonds. The van der Waals surface area contributed by atoms with Crippen LogP contribution in [0.25, 0.3) is 11.6 Å². The summed E-state index contributed by atoms with van der Waals surface area (Å²) in [5.74, 6) is 0.604. The second-order valence-electron chi connectivity index (χ2n) is 6.71. The van der Waals surface area contributed by atoms with Crippen molar-refractivity contribution in [2.24, 2.45) is 5.73 Å². The Morgan fingerprint density at radius 2 is 1.61 bits per heavy atom. The van der Waals surface area contributed by atoms with Crippen LogP contribution in [-0.2, 0) is 9.59 Å². The number of ether oxygens (including phenoxy) is 2. The number of primary amides is 1. The van der Waals surface area contributed by atoms with Crippen molar-refractivity contribution in [2.45, 2.75) is 6.42 Å². The van der Waals surface area contributed by atoms with Gasteiger partial charge in [-0.3, -0.25) is 9.59 Å². The van der Waals surface area contributed by atoms with E-state index in [1.807, 2.05) is 60.7 Å². The lowest BCUT2D eigenvalue weighted by Gasteiger charge is -2.12. The Labute approximate surface area is 181 Å². The normalized spacial score (nSPS) is 10.9. The second-order valence-corrected chi connectivity index (χ2v) is 6.71. The van der Waals surface area contributed by atoms with Crippen LogP contribution in [0.5, 0.6) is 11.5 Å². The number of nitrogens with one attached hydrogen (secondary N) is 1. The van der Waals surface area contributed by atoms with E-state index < -0.39 is 5.91 Å². The maximum absolute atomic E-state index is 13.1. The number of para-hydroxylation sites is 1. The van der Waals surface area contributed by atoms with Crippen LogP contribution in [-0.4, -0.2) is 25.5 Å². The summed E-state index contributed by atoms with van der Waals surface area (Å²) in [6.07, 6.45) is 1.96. The molecule has 3 aromatic carbocycles. The molecule has 0 unspecified atom stereocenters. The van der Waals surface area contributed by atoms with E-state index in [4.69, 9.17) is 15.2 Å². The molecule has 0 aliphatic heterocycles. The zero-order valence-electron chi connectivity index (χ0n) is 17.2. The van der Waals surface area contributed by atoms with E-state index in [1.54, 1.807) is 31.4 Å². The Kier molecular flexibility index (Phi) is 7.43. The SMILES string of the molecule is COc1ccccc1C=C(C(=O)Nc1ccc(OCCC(N)=O)cc1)c1ccccc1. The van der Waals surface area contributed by atoms with Gasteiger partial charge in [-0.2, -0.15) is 0 Å². The van der Waals surface area contributed by atoms with Crippen LogP contribution in [0.1, 0.15) is 17.5 Å². The first-order valence-corrected chi connectivity index (χ1v) is 9.79. The molecule has 6 nitrogen and oxygen atoms in total. The van der Waals surface area contributed by atoms with Crippen molar-refractivity contribution in [1.82, 2.24) is 0 Å². The average Bonchev–Trinajstić information content (AvgIpc) is 2.79. The molecule has 0 radical (unpaired) electrons. The number of nitrogens with two attached hydrogens (primary N) is 1. The van der Waals surface area contributed by atoms with Gasteiger partial charge in [0, 0.05) is 16.8 Å². The molecule has 31 heavy (non-hydrogen) atoms. The Morgan fingerprint density at radius 1 is 0.935 bits per heavy atom. The molecule has 0 atom stereocenters. The summed E-state index contributed by atoms with van der Waals surface area (Å²) >= 11 is 0. The zero-order chi connectivity index (χ0) is 22.1. The first kappa shape index (κ1) is 21.6. The van der Waals surface area contributed by atoms with Crippen molar-refractivity contribution in [3.8, 4) is 11.5 Å². The van der Waals surface area contributed by atoms with Gasteiger partial charge in [0.05, 0.1) is 20.1 Å². The predicted octanol–water partition coefficient (Wildman–Crippen LogP) is 4.13. The van der Waals surface area contributed by atoms with E-state index in [9.17, 15) is 9.59 Å². The third-order valence-electron chi connectivity index (χ3n) is 4.50. The molecule has 0 saturated carbocycles. The smallest absolute Gasteiger partial charge is 0.256 e. The molecule has 6 heteroatoms. The molecule has 0 spiro atoms. The molecule has 0 bridgehead atoms. The highest BCUT2D eigenvalue weighted by molar-refractivity contribution is 6.29. The summed E-state index contributed by atoms with van der Waals surface area (Å²) in [6, 6.07) is 23.9. The standard InChI is InChI=1S/C25H24N2O4/c1-30-23-10-6-5-9-19(23)17-22(18-7-3-2-4-8-18)25(29)27-20-11-13-21(14-12-20)31-16-15-24(26)28/h2-14,17H,15-16H2,1H3,(H2,26,28)(H,27,29). The van der Waals surface area contributed by atoms with Crippen molar-refractivity contribution >= 4 is 29.2 Å². The van der Waals surface area contributed by atoms with Gasteiger partial charge in [-0.25, -0.2) is 0 Å². The minimum Gasteiger partial charge on any atom is -0.496 e. The minimum atomic E-state index is -0.417. The number of carbonyl (C=O) groups is 2. The van der Waals surface area contributed by atoms with Crippen LogP contribution in [0.4, 0.5) is 5.69 Å². The number of hydrogen-bond acceptors (Lipinski definition) is 4. The highest BCUT2D eigenvalue weighted by atomic mass is 16.5. The van der Waals surface area contributed by atoms with Gasteiger partial charge in [-0.15, -0.1) is 0 Å². The molecule has 158 valence electrons. The van der Waals surface area contributed by atoms with Crippen molar-refractivity contribution in [1.29, 1.82) is 0 Å². The van der Waals surface area contributed by atoms with E-state index in [0.717, 1.165) is 11.1 Å². The highest BCUT2D eigenvalue weighted by Crippen LogP contribution is 2.26. The summed E-state index contributed by atoms with van der Waals surface area (Å²) in [5.41, 5.74) is 7.82. The Morgan fingerprint density at radius 3 is 2.29 bits per heavy atom. The quantitative estimate of drug-likeness (QED) is 0.405. The molecule has 0 aliphatic carbocycles. The van der Waals surface area contributed by atoms with Crippen molar-refractivity contribution in [3.63, 3.8) is 0 Å². The molecule has 0 heterocycles. The van der Waals surface area contributed by atoms with Crippen LogP contribution in [0.3, 0.4) is 0 Å². The first-order valence-electron chi connectivity index (χ1n) is 9.79. The van der Waals surface area contributed by atoms with E-state index in [-0.39, 0.29) is 18.9 Å². The van der Waals surface area contributed by atoms with Gasteiger partial charge in [0.1, 0.15) is 11.5 Å². The summed E-state index contributed by atoms with van der Waals surface area (Å²) in [5, 5.41) is 2.92. The second kappa shape index (κ2) is 10.6. The first-order chi connectivity index (χ1) is 15.1. The lowest BCUT2D eigenvalue weighted by molar-refractivity contribution is -0.118. The maximum atomic E-state index is 13.1. The minimum absolute atomic E-state index is 0.146. The van der Waals surface area contributed by atoms with Gasteiger partial charge >= 0.3 is 0 Å². The topological polar surface area (TPSA) is 90.7 Å². The molecular formula is C25H24N2O4. The van der Waals surface area contributed by atoms with Crippen molar-refractivity contribution in [3.05, 3.63) is 90.0 Å². The fraction of sp³-hybridized carbons (Fsp3) is 0.120. The van der Waals surface area contributed by atoms with Gasteiger partial charge in [-0.05, 0) is 42.0 Å².